The molecule has 1 aliphatic rings. The third kappa shape index (κ3) is 3.93. The molecule has 1 unspecified atom stereocenters. The van der Waals surface area contributed by atoms with Gasteiger partial charge in [-0.3, -0.25) is 4.79 Å². The van der Waals surface area contributed by atoms with Crippen molar-refractivity contribution in [1.29, 1.82) is 5.26 Å². The maximum Gasteiger partial charge on any atom is 0.221 e. The molecule has 13 heavy (non-hydrogen) atoms. The van der Waals surface area contributed by atoms with E-state index in [4.69, 9.17) is 5.26 Å². The molecule has 1 N–H and O–H groups in total. The predicted octanol–water partition coefficient (Wildman–Crippen LogP) is 1.59. The second-order valence-electron chi connectivity index (χ2n) is 3.69. The zero-order valence-corrected chi connectivity index (χ0v) is 8.05. The largest absolute Gasteiger partial charge is 0.340 e. The first kappa shape index (κ1) is 10.0. The van der Waals surface area contributed by atoms with E-state index in [9.17, 15) is 4.79 Å². The Hall–Kier alpha value is -1.04. The minimum atomic E-state index is -0.281. The molecule has 1 amide bonds. The maximum absolute atomic E-state index is 11.3. The van der Waals surface area contributed by atoms with Crippen molar-refractivity contribution >= 4 is 5.91 Å². The van der Waals surface area contributed by atoms with Crippen molar-refractivity contribution in [2.75, 3.05) is 0 Å². The van der Waals surface area contributed by atoms with E-state index in [0.29, 0.717) is 12.3 Å². The fourth-order valence-electron chi connectivity index (χ4n) is 1.30. The maximum atomic E-state index is 11.3. The van der Waals surface area contributed by atoms with Crippen LogP contribution in [-0.2, 0) is 4.79 Å². The second-order valence-corrected chi connectivity index (χ2v) is 3.69. The van der Waals surface area contributed by atoms with E-state index in [1.807, 2.05) is 6.92 Å². The van der Waals surface area contributed by atoms with Gasteiger partial charge in [-0.05, 0) is 25.2 Å². The first-order chi connectivity index (χ1) is 6.26. The van der Waals surface area contributed by atoms with Crippen LogP contribution in [0.15, 0.2) is 0 Å². The summed E-state index contributed by atoms with van der Waals surface area (Å²) in [5.41, 5.74) is 0. The van der Waals surface area contributed by atoms with Gasteiger partial charge in [-0.15, -0.1) is 0 Å². The third-order valence-corrected chi connectivity index (χ3v) is 2.24. The Morgan fingerprint density at radius 2 is 2.38 bits per heavy atom. The van der Waals surface area contributed by atoms with Crippen LogP contribution < -0.4 is 5.32 Å². The molecule has 72 valence electrons. The number of nitrogens with zero attached hydrogens (tertiary/aromatic N) is 1. The van der Waals surface area contributed by atoms with Crippen LogP contribution in [0.25, 0.3) is 0 Å². The highest BCUT2D eigenvalue weighted by Gasteiger charge is 2.25. The van der Waals surface area contributed by atoms with Gasteiger partial charge in [0, 0.05) is 6.42 Å². The number of nitrogens with one attached hydrogen (secondary N) is 1. The summed E-state index contributed by atoms with van der Waals surface area (Å²) in [6, 6.07) is 1.81. The highest BCUT2D eigenvalue weighted by atomic mass is 16.1. The number of rotatable bonds is 5. The summed E-state index contributed by atoms with van der Waals surface area (Å²) in [7, 11) is 0. The molecule has 1 atom stereocenters. The van der Waals surface area contributed by atoms with Crippen LogP contribution in [0.4, 0.5) is 0 Å². The van der Waals surface area contributed by atoms with Crippen molar-refractivity contribution in [3.8, 4) is 6.07 Å². The zero-order chi connectivity index (χ0) is 9.68. The van der Waals surface area contributed by atoms with Gasteiger partial charge < -0.3 is 5.32 Å². The lowest BCUT2D eigenvalue weighted by atomic mass is 10.2. The van der Waals surface area contributed by atoms with Crippen molar-refractivity contribution < 1.29 is 4.79 Å². The van der Waals surface area contributed by atoms with Crippen molar-refractivity contribution in [1.82, 2.24) is 5.32 Å². The molecule has 3 nitrogen and oxygen atoms in total. The molecule has 0 aliphatic heterocycles. The summed E-state index contributed by atoms with van der Waals surface area (Å²) in [6.07, 6.45) is 4.66. The van der Waals surface area contributed by atoms with E-state index in [1.165, 1.54) is 12.8 Å². The molecule has 1 aliphatic carbocycles. The Bertz CT molecular complexity index is 215. The van der Waals surface area contributed by atoms with Gasteiger partial charge in [-0.25, -0.2) is 0 Å². The minimum absolute atomic E-state index is 0.0440. The topological polar surface area (TPSA) is 52.9 Å². The Kier molecular flexibility index (Phi) is 3.75. The molecule has 0 bridgehead atoms. The molecule has 0 spiro atoms. The second kappa shape index (κ2) is 4.86. The molecular formula is C10H16N2O. The van der Waals surface area contributed by atoms with Crippen molar-refractivity contribution in [2.45, 2.75) is 45.1 Å². The van der Waals surface area contributed by atoms with E-state index in [0.717, 1.165) is 12.8 Å². The summed E-state index contributed by atoms with van der Waals surface area (Å²) < 4.78 is 0. The standard InChI is InChI=1S/C10H16N2O/c1-2-3-9(7-11)12-10(13)6-8-4-5-8/h8-9H,2-6H2,1H3,(H,12,13). The van der Waals surface area contributed by atoms with Gasteiger partial charge in [0.05, 0.1) is 6.07 Å². The Labute approximate surface area is 79.1 Å². The fraction of sp³-hybridized carbons (Fsp3) is 0.800. The Balaban J connectivity index is 2.19. The molecule has 0 aromatic carbocycles. The quantitative estimate of drug-likeness (QED) is 0.698. The number of amides is 1. The molecule has 0 saturated heterocycles. The van der Waals surface area contributed by atoms with Gasteiger partial charge in [0.15, 0.2) is 0 Å². The molecule has 0 heterocycles. The summed E-state index contributed by atoms with van der Waals surface area (Å²) in [5.74, 6) is 0.642. The average molecular weight is 180 g/mol. The average Bonchev–Trinajstić information content (AvgIpc) is 2.87. The van der Waals surface area contributed by atoms with E-state index in [-0.39, 0.29) is 11.9 Å². The molecular weight excluding hydrogens is 164 g/mol. The summed E-state index contributed by atoms with van der Waals surface area (Å²) in [5, 5.41) is 11.4. The predicted molar refractivity (Wildman–Crippen MR) is 49.8 cm³/mol. The highest BCUT2D eigenvalue weighted by Crippen LogP contribution is 2.32. The first-order valence-electron chi connectivity index (χ1n) is 4.95. The highest BCUT2D eigenvalue weighted by molar-refractivity contribution is 5.77. The molecule has 1 rings (SSSR count). The van der Waals surface area contributed by atoms with Crippen LogP contribution in [0, 0.1) is 17.2 Å². The first-order valence-corrected chi connectivity index (χ1v) is 4.95. The molecule has 0 radical (unpaired) electrons. The van der Waals surface area contributed by atoms with E-state index in [1.54, 1.807) is 0 Å². The van der Waals surface area contributed by atoms with E-state index < -0.39 is 0 Å². The molecule has 1 fully saturated rings. The lowest BCUT2D eigenvalue weighted by Crippen LogP contribution is -2.33. The third-order valence-electron chi connectivity index (χ3n) is 2.24. The monoisotopic (exact) mass is 180 g/mol. The lowest BCUT2D eigenvalue weighted by molar-refractivity contribution is -0.121. The van der Waals surface area contributed by atoms with Crippen molar-refractivity contribution in [2.24, 2.45) is 5.92 Å². The normalized spacial score (nSPS) is 17.5. The van der Waals surface area contributed by atoms with Crippen LogP contribution in [0.5, 0.6) is 0 Å². The number of hydrogen-bond acceptors (Lipinski definition) is 2. The van der Waals surface area contributed by atoms with Crippen molar-refractivity contribution in [3.63, 3.8) is 0 Å². The number of carbonyl (C=O) groups excluding carboxylic acids is 1. The summed E-state index contributed by atoms with van der Waals surface area (Å²) in [4.78, 5) is 11.3. The van der Waals surface area contributed by atoms with E-state index in [2.05, 4.69) is 11.4 Å². The van der Waals surface area contributed by atoms with Crippen LogP contribution in [0.2, 0.25) is 0 Å². The molecule has 3 heteroatoms. The van der Waals surface area contributed by atoms with Crippen LogP contribution in [-0.4, -0.2) is 11.9 Å². The Morgan fingerprint density at radius 3 is 2.85 bits per heavy atom. The van der Waals surface area contributed by atoms with Crippen LogP contribution in [0.3, 0.4) is 0 Å². The van der Waals surface area contributed by atoms with Gasteiger partial charge in [0.1, 0.15) is 6.04 Å². The fourth-order valence-corrected chi connectivity index (χ4v) is 1.30. The zero-order valence-electron chi connectivity index (χ0n) is 8.05. The Morgan fingerprint density at radius 1 is 1.69 bits per heavy atom. The minimum Gasteiger partial charge on any atom is -0.340 e. The number of carbonyl (C=O) groups is 1. The van der Waals surface area contributed by atoms with E-state index >= 15 is 0 Å². The van der Waals surface area contributed by atoms with Gasteiger partial charge in [0.25, 0.3) is 0 Å². The summed E-state index contributed by atoms with van der Waals surface area (Å²) >= 11 is 0. The molecule has 0 aromatic rings. The number of hydrogen-bond donors (Lipinski definition) is 1. The molecule has 1 saturated carbocycles. The smallest absolute Gasteiger partial charge is 0.221 e. The van der Waals surface area contributed by atoms with Gasteiger partial charge in [-0.1, -0.05) is 13.3 Å². The SMILES string of the molecule is CCCC(C#N)NC(=O)CC1CC1. The van der Waals surface area contributed by atoms with Gasteiger partial charge >= 0.3 is 0 Å². The van der Waals surface area contributed by atoms with Gasteiger partial charge in [-0.2, -0.15) is 5.26 Å². The van der Waals surface area contributed by atoms with Crippen molar-refractivity contribution in [3.05, 3.63) is 0 Å². The lowest BCUT2D eigenvalue weighted by Gasteiger charge is -2.09. The van der Waals surface area contributed by atoms with Crippen LogP contribution in [0.1, 0.15) is 39.0 Å². The molecule has 0 aromatic heterocycles. The summed E-state index contributed by atoms with van der Waals surface area (Å²) in [6.45, 7) is 2.01. The van der Waals surface area contributed by atoms with Gasteiger partial charge in [0.2, 0.25) is 5.91 Å². The van der Waals surface area contributed by atoms with Crippen LogP contribution >= 0.6 is 0 Å². The number of nitriles is 1.